The first-order valence-electron chi connectivity index (χ1n) is 11.5. The molecule has 0 aromatic heterocycles. The molecule has 1 saturated carbocycles. The molecule has 0 saturated heterocycles. The lowest BCUT2D eigenvalue weighted by Crippen LogP contribution is -2.39. The van der Waals surface area contributed by atoms with E-state index in [1.54, 1.807) is 54.6 Å². The summed E-state index contributed by atoms with van der Waals surface area (Å²) in [6.07, 6.45) is 0.335. The predicted octanol–water partition coefficient (Wildman–Crippen LogP) is 6.00. The molecule has 4 aromatic carbocycles. The summed E-state index contributed by atoms with van der Waals surface area (Å²) in [4.78, 5) is 42.2. The quantitative estimate of drug-likeness (QED) is 0.163. The fourth-order valence-electron chi connectivity index (χ4n) is 6.18. The van der Waals surface area contributed by atoms with Crippen molar-refractivity contribution in [1.29, 1.82) is 0 Å². The van der Waals surface area contributed by atoms with Gasteiger partial charge in [0.15, 0.2) is 17.0 Å². The molecule has 1 heterocycles. The van der Waals surface area contributed by atoms with Crippen LogP contribution >= 0.6 is 0 Å². The number of carbonyl (C=O) groups excluding carboxylic acids is 3. The highest BCUT2D eigenvalue weighted by molar-refractivity contribution is 6.26. The summed E-state index contributed by atoms with van der Waals surface area (Å²) in [5.41, 5.74) is -1.16. The van der Waals surface area contributed by atoms with Crippen LogP contribution in [-0.2, 0) is 4.79 Å². The van der Waals surface area contributed by atoms with Crippen molar-refractivity contribution in [2.75, 3.05) is 0 Å². The fourth-order valence-corrected chi connectivity index (χ4v) is 6.18. The number of ether oxygens (including phenoxy) is 1. The Morgan fingerprint density at radius 1 is 0.765 bits per heavy atom. The third-order valence-electron chi connectivity index (χ3n) is 7.68. The van der Waals surface area contributed by atoms with Crippen molar-refractivity contribution in [1.82, 2.24) is 0 Å². The summed E-state index contributed by atoms with van der Waals surface area (Å²) < 4.78 is 5.87. The highest BCUT2D eigenvalue weighted by Gasteiger charge is 2.89. The van der Waals surface area contributed by atoms with E-state index >= 15 is 0 Å². The van der Waals surface area contributed by atoms with E-state index < -0.39 is 22.7 Å². The number of hydrogen-bond acceptors (Lipinski definition) is 4. The van der Waals surface area contributed by atoms with Crippen LogP contribution in [0.25, 0.3) is 10.8 Å². The third-order valence-corrected chi connectivity index (χ3v) is 7.68. The molecule has 6 rings (SSSR count). The molecule has 34 heavy (non-hydrogen) atoms. The second-order valence-electron chi connectivity index (χ2n) is 9.04. The summed E-state index contributed by atoms with van der Waals surface area (Å²) in [6.45, 7) is 1.89. The van der Waals surface area contributed by atoms with Gasteiger partial charge in [-0.1, -0.05) is 97.9 Å². The fraction of sp³-hybridized carbons (Fsp3) is 0.167. The molecular formula is C30H22O4. The van der Waals surface area contributed by atoms with Gasteiger partial charge in [-0.25, -0.2) is 0 Å². The molecule has 3 atom stereocenters. The standard InChI is InChI=1S/C30H22O4/c1-2-29(26(31)20-12-5-3-6-13-20)25-24-22-16-10-9-11-19(22)17-18-23(24)34-28(33)30(25,29)27(32)21-14-7-4-8-15-21/h3-18,25H,2H2,1H3/t25-,29+,30+/m0/s1. The van der Waals surface area contributed by atoms with Crippen molar-refractivity contribution in [3.63, 3.8) is 0 Å². The molecule has 0 unspecified atom stereocenters. The average molecular weight is 447 g/mol. The topological polar surface area (TPSA) is 60.4 Å². The van der Waals surface area contributed by atoms with Gasteiger partial charge in [0.25, 0.3) is 0 Å². The van der Waals surface area contributed by atoms with Crippen molar-refractivity contribution >= 4 is 28.3 Å². The first kappa shape index (κ1) is 20.5. The SMILES string of the molecule is CC[C@]1(C(=O)c2ccccc2)[C@@H]2c3c(ccc4ccccc34)OC(=O)[C@]21C(=O)c1ccccc1. The lowest BCUT2D eigenvalue weighted by Gasteiger charge is -2.24. The molecule has 0 amide bonds. The maximum absolute atomic E-state index is 14.2. The predicted molar refractivity (Wildman–Crippen MR) is 129 cm³/mol. The highest BCUT2D eigenvalue weighted by atomic mass is 16.5. The van der Waals surface area contributed by atoms with Crippen LogP contribution in [0.5, 0.6) is 5.75 Å². The Morgan fingerprint density at radius 2 is 1.35 bits per heavy atom. The van der Waals surface area contributed by atoms with E-state index in [0.717, 1.165) is 16.3 Å². The zero-order valence-corrected chi connectivity index (χ0v) is 18.7. The monoisotopic (exact) mass is 446 g/mol. The van der Waals surface area contributed by atoms with Gasteiger partial charge < -0.3 is 4.74 Å². The van der Waals surface area contributed by atoms with Crippen LogP contribution in [-0.4, -0.2) is 17.5 Å². The van der Waals surface area contributed by atoms with Crippen LogP contribution in [0.2, 0.25) is 0 Å². The number of benzene rings is 4. The first-order valence-corrected chi connectivity index (χ1v) is 11.5. The smallest absolute Gasteiger partial charge is 0.327 e. The summed E-state index contributed by atoms with van der Waals surface area (Å²) in [5, 5.41) is 1.88. The van der Waals surface area contributed by atoms with Crippen molar-refractivity contribution in [3.8, 4) is 5.75 Å². The van der Waals surface area contributed by atoms with Gasteiger partial charge >= 0.3 is 5.97 Å². The summed E-state index contributed by atoms with van der Waals surface area (Å²) in [7, 11) is 0. The molecule has 4 aromatic rings. The molecule has 0 N–H and O–H groups in total. The molecule has 2 aliphatic rings. The lowest BCUT2D eigenvalue weighted by molar-refractivity contribution is -0.140. The van der Waals surface area contributed by atoms with E-state index in [1.807, 2.05) is 49.4 Å². The van der Waals surface area contributed by atoms with Gasteiger partial charge in [-0.15, -0.1) is 0 Å². The van der Waals surface area contributed by atoms with E-state index in [4.69, 9.17) is 4.74 Å². The van der Waals surface area contributed by atoms with Gasteiger partial charge in [0, 0.05) is 22.6 Å². The lowest BCUT2D eigenvalue weighted by atomic mass is 9.79. The minimum Gasteiger partial charge on any atom is -0.425 e. The number of Topliss-reactive ketones (excluding diaryl/α,β-unsaturated/α-hetero) is 2. The second-order valence-corrected chi connectivity index (χ2v) is 9.04. The molecular weight excluding hydrogens is 424 g/mol. The van der Waals surface area contributed by atoms with Gasteiger partial charge in [-0.05, 0) is 23.3 Å². The summed E-state index contributed by atoms with van der Waals surface area (Å²) in [6, 6.07) is 29.2. The van der Waals surface area contributed by atoms with E-state index in [9.17, 15) is 14.4 Å². The second kappa shape index (κ2) is 7.22. The molecule has 166 valence electrons. The normalized spacial score (nSPS) is 24.6. The van der Waals surface area contributed by atoms with Gasteiger partial charge in [-0.2, -0.15) is 0 Å². The zero-order valence-electron chi connectivity index (χ0n) is 18.7. The largest absolute Gasteiger partial charge is 0.425 e. The molecule has 4 heteroatoms. The van der Waals surface area contributed by atoms with Crippen LogP contribution in [0, 0.1) is 10.8 Å². The maximum Gasteiger partial charge on any atom is 0.327 e. The van der Waals surface area contributed by atoms with E-state index in [1.165, 1.54) is 0 Å². The van der Waals surface area contributed by atoms with Crippen LogP contribution in [0.1, 0.15) is 45.5 Å². The van der Waals surface area contributed by atoms with Crippen LogP contribution in [0.15, 0.2) is 97.1 Å². The Bertz CT molecular complexity index is 1470. The molecule has 1 aliphatic heterocycles. The Balaban J connectivity index is 1.67. The Hall–Kier alpha value is -4.05. The zero-order chi connectivity index (χ0) is 23.5. The highest BCUT2D eigenvalue weighted by Crippen LogP contribution is 2.81. The molecule has 1 aliphatic carbocycles. The average Bonchev–Trinajstić information content (AvgIpc) is 3.54. The molecule has 1 fully saturated rings. The summed E-state index contributed by atoms with van der Waals surface area (Å²) >= 11 is 0. The minimum absolute atomic E-state index is 0.192. The van der Waals surface area contributed by atoms with Gasteiger partial charge in [0.1, 0.15) is 5.75 Å². The van der Waals surface area contributed by atoms with Crippen molar-refractivity contribution in [3.05, 3.63) is 114 Å². The number of rotatable bonds is 5. The Labute approximate surface area is 197 Å². The molecule has 0 bridgehead atoms. The van der Waals surface area contributed by atoms with Crippen LogP contribution in [0.3, 0.4) is 0 Å². The molecule has 0 spiro atoms. The van der Waals surface area contributed by atoms with E-state index in [2.05, 4.69) is 0 Å². The van der Waals surface area contributed by atoms with Crippen molar-refractivity contribution in [2.45, 2.75) is 19.3 Å². The number of fused-ring (bicyclic) bond motifs is 5. The number of hydrogen-bond donors (Lipinski definition) is 0. The number of esters is 1. The van der Waals surface area contributed by atoms with E-state index in [0.29, 0.717) is 23.3 Å². The van der Waals surface area contributed by atoms with Gasteiger partial charge in [0.05, 0.1) is 5.41 Å². The minimum atomic E-state index is -1.60. The van der Waals surface area contributed by atoms with Gasteiger partial charge in [0.2, 0.25) is 0 Å². The summed E-state index contributed by atoms with van der Waals surface area (Å²) in [5.74, 6) is -1.36. The van der Waals surface area contributed by atoms with Crippen LogP contribution < -0.4 is 4.74 Å². The third kappa shape index (κ3) is 2.40. The van der Waals surface area contributed by atoms with Crippen molar-refractivity contribution in [2.24, 2.45) is 10.8 Å². The van der Waals surface area contributed by atoms with Crippen LogP contribution in [0.4, 0.5) is 0 Å². The first-order chi connectivity index (χ1) is 16.6. The number of carbonyl (C=O) groups is 3. The maximum atomic E-state index is 14.2. The number of ketones is 2. The molecule has 4 nitrogen and oxygen atoms in total. The molecule has 0 radical (unpaired) electrons. The van der Waals surface area contributed by atoms with Crippen molar-refractivity contribution < 1.29 is 19.1 Å². The van der Waals surface area contributed by atoms with E-state index in [-0.39, 0.29) is 11.6 Å². The Kier molecular flexibility index (Phi) is 4.37. The Morgan fingerprint density at radius 3 is 2.00 bits per heavy atom. The van der Waals surface area contributed by atoms with Gasteiger partial charge in [-0.3, -0.25) is 14.4 Å².